The fraction of sp³-hybridized carbons (Fsp3) is 0.636. The van der Waals surface area contributed by atoms with Gasteiger partial charge in [-0.05, 0) is 55.0 Å². The largest absolute Gasteiger partial charge is 0.379 e. The summed E-state index contributed by atoms with van der Waals surface area (Å²) in [5.74, 6) is 0.310. The van der Waals surface area contributed by atoms with E-state index >= 15 is 0 Å². The number of amides is 2. The van der Waals surface area contributed by atoms with Crippen LogP contribution in [0, 0.1) is 5.92 Å². The van der Waals surface area contributed by atoms with Crippen LogP contribution in [-0.4, -0.2) is 92.6 Å². The minimum absolute atomic E-state index is 0.405. The van der Waals surface area contributed by atoms with E-state index in [-0.39, 0.29) is 0 Å². The van der Waals surface area contributed by atoms with Crippen molar-refractivity contribution in [2.45, 2.75) is 12.8 Å². The molecule has 7 nitrogen and oxygen atoms in total. The number of carbonyl (C=O) groups is 2. The first-order valence-electron chi connectivity index (χ1n) is 10.8. The van der Waals surface area contributed by atoms with Crippen LogP contribution in [0.2, 0.25) is 0 Å². The first-order valence-corrected chi connectivity index (χ1v) is 12.2. The molecule has 0 saturated carbocycles. The number of nitrogens with zero attached hydrogens (tertiary/aromatic N) is 2. The van der Waals surface area contributed by atoms with Crippen LogP contribution in [0.5, 0.6) is 0 Å². The minimum Gasteiger partial charge on any atom is -0.379 e. The Morgan fingerprint density at radius 1 is 1.07 bits per heavy atom. The van der Waals surface area contributed by atoms with E-state index < -0.39 is 11.8 Å². The molecule has 3 rings (SSSR count). The molecular formula is C22H34N4O3S. The van der Waals surface area contributed by atoms with E-state index in [0.29, 0.717) is 18.2 Å². The molecule has 0 aromatic heterocycles. The molecule has 30 heavy (non-hydrogen) atoms. The van der Waals surface area contributed by atoms with Crippen LogP contribution >= 0.6 is 11.8 Å². The number of thioether (sulfide) groups is 1. The molecule has 0 radical (unpaired) electrons. The molecule has 1 atom stereocenters. The Morgan fingerprint density at radius 3 is 2.53 bits per heavy atom. The van der Waals surface area contributed by atoms with Gasteiger partial charge in [0.15, 0.2) is 0 Å². The summed E-state index contributed by atoms with van der Waals surface area (Å²) in [7, 11) is 0. The van der Waals surface area contributed by atoms with Crippen LogP contribution in [0.1, 0.15) is 12.0 Å². The maximum Gasteiger partial charge on any atom is 0.313 e. The van der Waals surface area contributed by atoms with E-state index in [1.165, 1.54) is 5.56 Å². The molecule has 2 aliphatic heterocycles. The average Bonchev–Trinajstić information content (AvgIpc) is 3.24. The van der Waals surface area contributed by atoms with Gasteiger partial charge in [0, 0.05) is 45.0 Å². The van der Waals surface area contributed by atoms with Crippen LogP contribution in [0.3, 0.4) is 0 Å². The van der Waals surface area contributed by atoms with E-state index in [0.717, 1.165) is 71.1 Å². The van der Waals surface area contributed by atoms with Crippen molar-refractivity contribution in [2.24, 2.45) is 5.92 Å². The summed E-state index contributed by atoms with van der Waals surface area (Å²) in [6.45, 7) is 8.40. The van der Waals surface area contributed by atoms with Crippen LogP contribution in [0.4, 0.5) is 5.69 Å². The Balaban J connectivity index is 1.32. The van der Waals surface area contributed by atoms with E-state index in [9.17, 15) is 9.59 Å². The average molecular weight is 435 g/mol. The van der Waals surface area contributed by atoms with E-state index in [2.05, 4.69) is 26.7 Å². The van der Waals surface area contributed by atoms with Crippen molar-refractivity contribution in [3.8, 4) is 0 Å². The number of anilines is 1. The first kappa shape index (κ1) is 23.1. The first-order chi connectivity index (χ1) is 14.6. The summed E-state index contributed by atoms with van der Waals surface area (Å²) in [5.41, 5.74) is 1.88. The highest BCUT2D eigenvalue weighted by atomic mass is 32.2. The molecular weight excluding hydrogens is 400 g/mol. The second-order valence-electron chi connectivity index (χ2n) is 8.01. The zero-order valence-corrected chi connectivity index (χ0v) is 18.7. The van der Waals surface area contributed by atoms with Crippen LogP contribution in [0.15, 0.2) is 24.3 Å². The summed E-state index contributed by atoms with van der Waals surface area (Å²) < 4.78 is 5.39. The lowest BCUT2D eigenvalue weighted by atomic mass is 10.1. The van der Waals surface area contributed by atoms with E-state index in [1.54, 1.807) is 0 Å². The van der Waals surface area contributed by atoms with Crippen molar-refractivity contribution < 1.29 is 14.3 Å². The van der Waals surface area contributed by atoms with Crippen molar-refractivity contribution in [1.29, 1.82) is 0 Å². The van der Waals surface area contributed by atoms with Crippen LogP contribution < -0.4 is 10.6 Å². The lowest BCUT2D eigenvalue weighted by Gasteiger charge is -2.28. The van der Waals surface area contributed by atoms with Crippen molar-refractivity contribution >= 4 is 29.3 Å². The number of carbonyl (C=O) groups excluding carboxylic acids is 2. The molecule has 2 heterocycles. The van der Waals surface area contributed by atoms with Gasteiger partial charge in [-0.2, -0.15) is 11.8 Å². The summed E-state index contributed by atoms with van der Waals surface area (Å²) in [6.07, 6.45) is 4.14. The third-order valence-electron chi connectivity index (χ3n) is 5.77. The predicted octanol–water partition coefficient (Wildman–Crippen LogP) is 1.30. The Hall–Kier alpha value is -1.61. The molecule has 8 heteroatoms. The lowest BCUT2D eigenvalue weighted by molar-refractivity contribution is -0.136. The summed E-state index contributed by atoms with van der Waals surface area (Å²) in [4.78, 5) is 29.2. The SMILES string of the molecule is CSCCc1ccc(NC(=O)C(=O)NCC2CCN(CCN3CCOCC3)C2)cc1. The summed E-state index contributed by atoms with van der Waals surface area (Å²) in [6, 6.07) is 7.69. The Kier molecular flexibility index (Phi) is 9.45. The molecule has 1 aromatic rings. The highest BCUT2D eigenvalue weighted by Gasteiger charge is 2.24. The van der Waals surface area contributed by atoms with Gasteiger partial charge in [0.1, 0.15) is 0 Å². The molecule has 2 aliphatic rings. The Labute approximate surface area is 183 Å². The van der Waals surface area contributed by atoms with Gasteiger partial charge in [-0.15, -0.1) is 0 Å². The molecule has 2 fully saturated rings. The zero-order valence-electron chi connectivity index (χ0n) is 17.9. The number of hydrogen-bond acceptors (Lipinski definition) is 6. The third-order valence-corrected chi connectivity index (χ3v) is 6.38. The van der Waals surface area contributed by atoms with Crippen molar-refractivity contribution in [3.63, 3.8) is 0 Å². The number of likely N-dealkylation sites (tertiary alicyclic amines) is 1. The molecule has 0 spiro atoms. The van der Waals surface area contributed by atoms with Gasteiger partial charge in [-0.25, -0.2) is 0 Å². The highest BCUT2D eigenvalue weighted by Crippen LogP contribution is 2.15. The maximum atomic E-state index is 12.2. The minimum atomic E-state index is -0.603. The van der Waals surface area contributed by atoms with Gasteiger partial charge in [-0.3, -0.25) is 14.5 Å². The molecule has 166 valence electrons. The molecule has 1 unspecified atom stereocenters. The predicted molar refractivity (Wildman–Crippen MR) is 122 cm³/mol. The number of morpholine rings is 1. The smallest absolute Gasteiger partial charge is 0.313 e. The Morgan fingerprint density at radius 2 is 1.80 bits per heavy atom. The summed E-state index contributed by atoms with van der Waals surface area (Å²) in [5, 5.41) is 5.49. The monoisotopic (exact) mass is 434 g/mol. The lowest BCUT2D eigenvalue weighted by Crippen LogP contribution is -2.41. The van der Waals surface area contributed by atoms with Gasteiger partial charge >= 0.3 is 11.8 Å². The van der Waals surface area contributed by atoms with Crippen LogP contribution in [-0.2, 0) is 20.7 Å². The summed E-state index contributed by atoms with van der Waals surface area (Å²) >= 11 is 1.81. The van der Waals surface area contributed by atoms with Gasteiger partial charge in [0.05, 0.1) is 13.2 Å². The topological polar surface area (TPSA) is 73.9 Å². The van der Waals surface area contributed by atoms with Gasteiger partial charge in [0.2, 0.25) is 0 Å². The third kappa shape index (κ3) is 7.58. The van der Waals surface area contributed by atoms with Crippen molar-refractivity contribution in [1.82, 2.24) is 15.1 Å². The number of rotatable bonds is 9. The van der Waals surface area contributed by atoms with Gasteiger partial charge in [-0.1, -0.05) is 12.1 Å². The van der Waals surface area contributed by atoms with Gasteiger partial charge in [0.25, 0.3) is 0 Å². The number of aryl methyl sites for hydroxylation is 1. The van der Waals surface area contributed by atoms with Crippen molar-refractivity contribution in [3.05, 3.63) is 29.8 Å². The fourth-order valence-electron chi connectivity index (χ4n) is 3.87. The van der Waals surface area contributed by atoms with Crippen LogP contribution in [0.25, 0.3) is 0 Å². The van der Waals surface area contributed by atoms with Gasteiger partial charge < -0.3 is 20.3 Å². The standard InChI is InChI=1S/C22H34N4O3S/c1-30-15-7-18-2-4-20(5-3-18)24-22(28)21(27)23-16-19-6-8-26(17-19)10-9-25-11-13-29-14-12-25/h2-5,19H,6-17H2,1H3,(H,23,27)(H,24,28). The molecule has 0 aliphatic carbocycles. The Bertz CT molecular complexity index is 679. The molecule has 2 saturated heterocycles. The molecule has 1 aromatic carbocycles. The van der Waals surface area contributed by atoms with Crippen molar-refractivity contribution in [2.75, 3.05) is 76.4 Å². The second kappa shape index (κ2) is 12.3. The van der Waals surface area contributed by atoms with E-state index in [4.69, 9.17) is 4.74 Å². The molecule has 2 amide bonds. The zero-order chi connectivity index (χ0) is 21.2. The molecule has 0 bridgehead atoms. The fourth-order valence-corrected chi connectivity index (χ4v) is 4.31. The second-order valence-corrected chi connectivity index (χ2v) is 9.00. The number of nitrogens with one attached hydrogen (secondary N) is 2. The number of hydrogen-bond donors (Lipinski definition) is 2. The quantitative estimate of drug-likeness (QED) is 0.571. The molecule has 2 N–H and O–H groups in total. The normalized spacial score (nSPS) is 20.2. The van der Waals surface area contributed by atoms with E-state index in [1.807, 2.05) is 36.0 Å². The highest BCUT2D eigenvalue weighted by molar-refractivity contribution is 7.98. The number of ether oxygens (including phenoxy) is 1. The number of benzene rings is 1. The maximum absolute atomic E-state index is 12.2.